The van der Waals surface area contributed by atoms with E-state index in [0.717, 1.165) is 16.6 Å². The third-order valence-electron chi connectivity index (χ3n) is 6.84. The van der Waals surface area contributed by atoms with Crippen molar-refractivity contribution >= 4 is 36.3 Å². The number of esters is 2. The average Bonchev–Trinajstić information content (AvgIpc) is 2.92. The Morgan fingerprint density at radius 2 is 1.55 bits per heavy atom. The number of benzene rings is 1. The topological polar surface area (TPSA) is 80.3 Å². The number of rotatable bonds is 5. The van der Waals surface area contributed by atoms with E-state index >= 15 is 0 Å². The van der Waals surface area contributed by atoms with Gasteiger partial charge < -0.3 is 23.5 Å². The third kappa shape index (κ3) is 5.26. The van der Waals surface area contributed by atoms with Crippen molar-refractivity contribution in [3.8, 4) is 0 Å². The van der Waals surface area contributed by atoms with Crippen molar-refractivity contribution in [1.29, 1.82) is 0 Å². The van der Waals surface area contributed by atoms with Crippen molar-refractivity contribution in [1.82, 2.24) is 0 Å². The Kier molecular flexibility index (Phi) is 7.59. The Bertz CT molecular complexity index is 887. The second-order valence-electron chi connectivity index (χ2n) is 9.87. The molecule has 0 spiro atoms. The van der Waals surface area contributed by atoms with Gasteiger partial charge in [-0.15, -0.1) is 11.8 Å². The van der Waals surface area contributed by atoms with Gasteiger partial charge in [-0.05, 0) is 51.9 Å². The summed E-state index contributed by atoms with van der Waals surface area (Å²) in [5.41, 5.74) is 1.54. The maximum absolute atomic E-state index is 11.9. The van der Waals surface area contributed by atoms with Crippen molar-refractivity contribution in [2.75, 3.05) is 6.26 Å². The first-order chi connectivity index (χ1) is 15.3. The minimum atomic E-state index is -0.694. The summed E-state index contributed by atoms with van der Waals surface area (Å²) in [6.07, 6.45) is 0.175. The largest absolute Gasteiger partial charge is 0.495 e. The Hall–Kier alpha value is -1.55. The molecule has 3 rings (SSSR count). The van der Waals surface area contributed by atoms with Gasteiger partial charge in [0.25, 0.3) is 0 Å². The Morgan fingerprint density at radius 3 is 2.06 bits per heavy atom. The lowest BCUT2D eigenvalue weighted by Crippen LogP contribution is -2.52. The molecule has 0 amide bonds. The molecule has 0 bridgehead atoms. The van der Waals surface area contributed by atoms with E-state index in [9.17, 15) is 9.59 Å². The lowest BCUT2D eigenvalue weighted by molar-refractivity contribution is -0.208. The maximum Gasteiger partial charge on any atom is 0.495 e. The fraction of sp³-hybridized carbons (Fsp3) is 0.667. The van der Waals surface area contributed by atoms with Gasteiger partial charge in [0, 0.05) is 19.8 Å². The summed E-state index contributed by atoms with van der Waals surface area (Å²) in [6, 6.07) is 6.09. The van der Waals surface area contributed by atoms with Crippen LogP contribution in [0.4, 0.5) is 0 Å². The minimum absolute atomic E-state index is 0.254. The zero-order chi connectivity index (χ0) is 24.7. The lowest BCUT2D eigenvalue weighted by atomic mass is 9.74. The number of aryl methyl sites for hydroxylation is 1. The first-order valence-electron chi connectivity index (χ1n) is 11.3. The first kappa shape index (κ1) is 26.1. The van der Waals surface area contributed by atoms with Crippen LogP contribution in [-0.4, -0.2) is 54.2 Å². The van der Waals surface area contributed by atoms with E-state index in [4.69, 9.17) is 23.5 Å². The zero-order valence-corrected chi connectivity index (χ0v) is 21.8. The molecular weight excluding hydrogens is 443 g/mol. The summed E-state index contributed by atoms with van der Waals surface area (Å²) >= 11 is 1.42. The summed E-state index contributed by atoms with van der Waals surface area (Å²) in [7, 11) is -0.497. The monoisotopic (exact) mass is 478 g/mol. The predicted octanol–water partition coefficient (Wildman–Crippen LogP) is 3.55. The first-order valence-corrected chi connectivity index (χ1v) is 12.5. The van der Waals surface area contributed by atoms with E-state index in [2.05, 4.69) is 0 Å². The minimum Gasteiger partial charge on any atom is -0.458 e. The van der Waals surface area contributed by atoms with Gasteiger partial charge in [-0.3, -0.25) is 9.59 Å². The fourth-order valence-corrected chi connectivity index (χ4v) is 4.99. The molecule has 0 unspecified atom stereocenters. The second kappa shape index (κ2) is 9.60. The second-order valence-corrected chi connectivity index (χ2v) is 10.8. The van der Waals surface area contributed by atoms with Crippen LogP contribution in [0.25, 0.3) is 0 Å². The number of thioether (sulfide) groups is 1. The van der Waals surface area contributed by atoms with Crippen LogP contribution in [0.3, 0.4) is 0 Å². The SMILES string of the molecule is CS[C@H]1O[C@@H](c2ccc(C)c(B3OC(C)(C)C(C)(C)O3)c2)[C@H](C)[C@@H](OC(C)=O)[C@@H]1OC(C)=O. The highest BCUT2D eigenvalue weighted by Gasteiger charge is 2.53. The molecule has 2 aliphatic heterocycles. The van der Waals surface area contributed by atoms with Gasteiger partial charge in [0.1, 0.15) is 11.5 Å². The van der Waals surface area contributed by atoms with Gasteiger partial charge in [-0.25, -0.2) is 0 Å². The lowest BCUT2D eigenvalue weighted by Gasteiger charge is -2.44. The van der Waals surface area contributed by atoms with Crippen LogP contribution in [0.2, 0.25) is 0 Å². The molecule has 9 heteroatoms. The van der Waals surface area contributed by atoms with Gasteiger partial charge >= 0.3 is 19.1 Å². The molecule has 0 N–H and O–H groups in total. The van der Waals surface area contributed by atoms with Crippen LogP contribution in [0.5, 0.6) is 0 Å². The molecule has 0 aliphatic carbocycles. The number of carbonyl (C=O) groups excluding carboxylic acids is 2. The van der Waals surface area contributed by atoms with Crippen molar-refractivity contribution in [3.63, 3.8) is 0 Å². The molecule has 5 atom stereocenters. The van der Waals surface area contributed by atoms with Crippen molar-refractivity contribution in [2.24, 2.45) is 5.92 Å². The molecule has 2 aliphatic rings. The summed E-state index contributed by atoms with van der Waals surface area (Å²) in [5, 5.41) is 0. The third-order valence-corrected chi connectivity index (χ3v) is 7.69. The van der Waals surface area contributed by atoms with E-state index in [-0.39, 0.29) is 12.0 Å². The molecule has 0 radical (unpaired) electrons. The van der Waals surface area contributed by atoms with Crippen molar-refractivity contribution < 1.29 is 33.1 Å². The van der Waals surface area contributed by atoms with E-state index in [1.807, 2.05) is 66.0 Å². The molecule has 182 valence electrons. The quantitative estimate of drug-likeness (QED) is 0.470. The van der Waals surface area contributed by atoms with Gasteiger partial charge in [0.2, 0.25) is 0 Å². The number of ether oxygens (including phenoxy) is 3. The van der Waals surface area contributed by atoms with Gasteiger partial charge in [-0.1, -0.05) is 30.7 Å². The Morgan fingerprint density at radius 1 is 1.00 bits per heavy atom. The van der Waals surface area contributed by atoms with Crippen molar-refractivity contribution in [3.05, 3.63) is 29.3 Å². The predicted molar refractivity (Wildman–Crippen MR) is 128 cm³/mol. The summed E-state index contributed by atoms with van der Waals surface area (Å²) < 4.78 is 30.2. The van der Waals surface area contributed by atoms with E-state index in [1.54, 1.807) is 0 Å². The van der Waals surface area contributed by atoms with Crippen LogP contribution in [0.1, 0.15) is 65.7 Å². The van der Waals surface area contributed by atoms with Crippen LogP contribution in [0.15, 0.2) is 18.2 Å². The standard InChI is InChI=1S/C24H35BO7S/c1-13-10-11-17(12-18(13)25-31-23(5,6)24(7,8)32-25)19-14(2)20(28-15(3)26)21(29-16(4)27)22(30-19)33-9/h10-12,14,19-22H,1-9H3/t14-,19+,20+,21-,22+/m0/s1. The molecule has 33 heavy (non-hydrogen) atoms. The highest BCUT2D eigenvalue weighted by Crippen LogP contribution is 2.42. The number of hydrogen-bond donors (Lipinski definition) is 0. The number of hydrogen-bond acceptors (Lipinski definition) is 8. The molecule has 1 aromatic carbocycles. The molecule has 2 heterocycles. The van der Waals surface area contributed by atoms with Gasteiger partial charge in [-0.2, -0.15) is 0 Å². The summed E-state index contributed by atoms with van der Waals surface area (Å²) in [4.78, 5) is 23.6. The molecule has 0 saturated carbocycles. The number of carbonyl (C=O) groups is 2. The van der Waals surface area contributed by atoms with Crippen LogP contribution < -0.4 is 5.46 Å². The molecular formula is C24H35BO7S. The van der Waals surface area contributed by atoms with E-state index in [0.29, 0.717) is 0 Å². The summed E-state index contributed by atoms with van der Waals surface area (Å²) in [6.45, 7) is 14.8. The smallest absolute Gasteiger partial charge is 0.458 e. The van der Waals surface area contributed by atoms with Crippen LogP contribution >= 0.6 is 11.8 Å². The van der Waals surface area contributed by atoms with E-state index < -0.39 is 47.9 Å². The van der Waals surface area contributed by atoms with Gasteiger partial charge in [0.15, 0.2) is 6.10 Å². The van der Waals surface area contributed by atoms with Crippen molar-refractivity contribution in [2.45, 2.75) is 90.3 Å². The highest BCUT2D eigenvalue weighted by atomic mass is 32.2. The molecule has 1 aromatic rings. The van der Waals surface area contributed by atoms with E-state index in [1.165, 1.54) is 25.6 Å². The van der Waals surface area contributed by atoms with Gasteiger partial charge in [0.05, 0.1) is 17.3 Å². The normalized spacial score (nSPS) is 30.7. The molecule has 2 fully saturated rings. The van der Waals surface area contributed by atoms with Crippen LogP contribution in [-0.2, 0) is 33.1 Å². The average molecular weight is 478 g/mol. The zero-order valence-electron chi connectivity index (χ0n) is 21.0. The van der Waals surface area contributed by atoms with Crippen LogP contribution in [0, 0.1) is 12.8 Å². The fourth-order valence-electron chi connectivity index (χ4n) is 4.28. The molecule has 7 nitrogen and oxygen atoms in total. The molecule has 2 saturated heterocycles. The molecule has 0 aromatic heterocycles. The Balaban J connectivity index is 1.96. The maximum atomic E-state index is 11.9. The summed E-state index contributed by atoms with van der Waals surface area (Å²) in [5.74, 6) is -1.12. The highest BCUT2D eigenvalue weighted by molar-refractivity contribution is 7.99. The Labute approximate surface area is 201 Å².